The molecule has 5 aromatic rings. The number of nitrogens with zero attached hydrogens (tertiary/aromatic N) is 2. The molecule has 0 saturated heterocycles. The summed E-state index contributed by atoms with van der Waals surface area (Å²) in [6.07, 6.45) is -0.492. The molecule has 4 aromatic carbocycles. The maximum Gasteiger partial charge on any atom is 0.276 e. The molecule has 6 nitrogen and oxygen atoms in total. The zero-order valence-corrected chi connectivity index (χ0v) is 22.5. The quantitative estimate of drug-likeness (QED) is 0.251. The summed E-state index contributed by atoms with van der Waals surface area (Å²) in [5.41, 5.74) is 4.57. The second-order valence-corrected chi connectivity index (χ2v) is 10.1. The van der Waals surface area contributed by atoms with Crippen LogP contribution in [0.25, 0.3) is 22.0 Å². The van der Waals surface area contributed by atoms with E-state index in [0.717, 1.165) is 27.6 Å². The minimum Gasteiger partial charge on any atom is -0.367 e. The predicted molar refractivity (Wildman–Crippen MR) is 158 cm³/mol. The highest BCUT2D eigenvalue weighted by molar-refractivity contribution is 6.31. The van der Waals surface area contributed by atoms with Crippen molar-refractivity contribution in [1.29, 1.82) is 0 Å². The van der Waals surface area contributed by atoms with E-state index in [1.807, 2.05) is 97.1 Å². The highest BCUT2D eigenvalue weighted by Gasteiger charge is 2.38. The molecule has 198 valence electrons. The van der Waals surface area contributed by atoms with E-state index in [4.69, 9.17) is 21.4 Å². The van der Waals surface area contributed by atoms with Crippen LogP contribution in [0, 0.1) is 0 Å². The van der Waals surface area contributed by atoms with Gasteiger partial charge in [-0.05, 0) is 34.9 Å². The largest absolute Gasteiger partial charge is 0.367 e. The molecule has 0 bridgehead atoms. The number of hydrogen-bond donors (Lipinski definition) is 1. The van der Waals surface area contributed by atoms with Crippen molar-refractivity contribution in [2.75, 3.05) is 7.11 Å². The Balaban J connectivity index is 1.55. The summed E-state index contributed by atoms with van der Waals surface area (Å²) in [5, 5.41) is 7.69. The standard InChI is InChI=1S/C33H26ClN3O3/c1-40-31(23-15-9-4-10-16-23)33(39)37-28(21-11-5-2-6-12-21)20-27(36-37)30-29(22-13-7-3-8-14-22)25-19-24(34)17-18-26(25)35-32(30)38/h2-19,28,31H,20H2,1H3,(H,35,38). The summed E-state index contributed by atoms with van der Waals surface area (Å²) < 4.78 is 5.68. The average molecular weight is 548 g/mol. The molecule has 0 spiro atoms. The van der Waals surface area contributed by atoms with Crippen molar-refractivity contribution in [3.63, 3.8) is 0 Å². The number of methoxy groups -OCH3 is 1. The van der Waals surface area contributed by atoms with Gasteiger partial charge in [0.1, 0.15) is 0 Å². The lowest BCUT2D eigenvalue weighted by atomic mass is 9.91. The van der Waals surface area contributed by atoms with Crippen LogP contribution in [-0.4, -0.2) is 28.7 Å². The topological polar surface area (TPSA) is 74.8 Å². The third-order valence-electron chi connectivity index (χ3n) is 7.21. The molecule has 1 aromatic heterocycles. The van der Waals surface area contributed by atoms with Crippen LogP contribution in [0.2, 0.25) is 5.02 Å². The molecule has 1 amide bonds. The molecule has 2 atom stereocenters. The maximum absolute atomic E-state index is 14.0. The van der Waals surface area contributed by atoms with Crippen LogP contribution in [0.5, 0.6) is 0 Å². The van der Waals surface area contributed by atoms with E-state index >= 15 is 0 Å². The summed E-state index contributed by atoms with van der Waals surface area (Å²) >= 11 is 6.42. The van der Waals surface area contributed by atoms with E-state index in [9.17, 15) is 9.59 Å². The van der Waals surface area contributed by atoms with Gasteiger partial charge in [-0.15, -0.1) is 0 Å². The number of ether oxygens (including phenoxy) is 1. The summed E-state index contributed by atoms with van der Waals surface area (Å²) in [6, 6.07) is 33.8. The number of halogens is 1. The van der Waals surface area contributed by atoms with Gasteiger partial charge in [-0.25, -0.2) is 5.01 Å². The minimum absolute atomic E-state index is 0.278. The van der Waals surface area contributed by atoms with Crippen LogP contribution in [-0.2, 0) is 9.53 Å². The van der Waals surface area contributed by atoms with Gasteiger partial charge >= 0.3 is 0 Å². The number of rotatable bonds is 6. The number of carbonyl (C=O) groups excluding carboxylic acids is 1. The molecule has 7 heteroatoms. The molecule has 0 radical (unpaired) electrons. The summed E-state index contributed by atoms with van der Waals surface area (Å²) in [6.45, 7) is 0. The van der Waals surface area contributed by atoms with Gasteiger partial charge in [0.25, 0.3) is 11.5 Å². The normalized spacial score (nSPS) is 15.7. The Morgan fingerprint density at radius 2 is 1.57 bits per heavy atom. The van der Waals surface area contributed by atoms with E-state index < -0.39 is 12.1 Å². The molecule has 2 heterocycles. The molecule has 1 aliphatic heterocycles. The van der Waals surface area contributed by atoms with Crippen LogP contribution in [0.1, 0.15) is 35.3 Å². The fourth-order valence-electron chi connectivity index (χ4n) is 5.37. The Morgan fingerprint density at radius 3 is 2.25 bits per heavy atom. The zero-order valence-electron chi connectivity index (χ0n) is 21.8. The third kappa shape index (κ3) is 4.72. The maximum atomic E-state index is 14.0. The van der Waals surface area contributed by atoms with E-state index in [0.29, 0.717) is 28.2 Å². The summed E-state index contributed by atoms with van der Waals surface area (Å²) in [4.78, 5) is 30.8. The van der Waals surface area contributed by atoms with Crippen molar-refractivity contribution in [3.8, 4) is 11.1 Å². The lowest BCUT2D eigenvalue weighted by Gasteiger charge is -2.26. The zero-order chi connectivity index (χ0) is 27.6. The van der Waals surface area contributed by atoms with Crippen molar-refractivity contribution < 1.29 is 9.53 Å². The Labute approximate surface area is 236 Å². The van der Waals surface area contributed by atoms with Gasteiger partial charge in [-0.1, -0.05) is 103 Å². The number of aromatic nitrogens is 1. The first-order chi connectivity index (χ1) is 19.5. The number of nitrogens with one attached hydrogen (secondary N) is 1. The third-order valence-corrected chi connectivity index (χ3v) is 7.45. The number of carbonyl (C=O) groups is 1. The smallest absolute Gasteiger partial charge is 0.276 e. The second-order valence-electron chi connectivity index (χ2n) is 9.65. The van der Waals surface area contributed by atoms with E-state index in [1.165, 1.54) is 12.1 Å². The molecule has 0 aliphatic carbocycles. The fraction of sp³-hybridized carbons (Fsp3) is 0.121. The number of aromatic amines is 1. The number of hydrogen-bond acceptors (Lipinski definition) is 4. The Hall–Kier alpha value is -4.52. The molecule has 6 rings (SSSR count). The van der Waals surface area contributed by atoms with Crippen LogP contribution < -0.4 is 5.56 Å². The van der Waals surface area contributed by atoms with E-state index in [2.05, 4.69) is 4.98 Å². The van der Waals surface area contributed by atoms with Gasteiger partial charge in [-0.3, -0.25) is 9.59 Å². The second kappa shape index (κ2) is 10.9. The fourth-order valence-corrected chi connectivity index (χ4v) is 5.54. The summed E-state index contributed by atoms with van der Waals surface area (Å²) in [7, 11) is 1.51. The number of hydrazone groups is 1. The summed E-state index contributed by atoms with van der Waals surface area (Å²) in [5.74, 6) is -0.306. The Morgan fingerprint density at radius 1 is 0.925 bits per heavy atom. The van der Waals surface area contributed by atoms with Crippen LogP contribution in [0.3, 0.4) is 0 Å². The van der Waals surface area contributed by atoms with Gasteiger partial charge < -0.3 is 9.72 Å². The first kappa shape index (κ1) is 25.7. The van der Waals surface area contributed by atoms with Crippen LogP contribution >= 0.6 is 11.6 Å². The SMILES string of the molecule is COC(C(=O)N1N=C(c2c(-c3ccccc3)c3cc(Cl)ccc3[nH]c2=O)CC1c1ccccc1)c1ccccc1. The van der Waals surface area contributed by atoms with Gasteiger partial charge in [0, 0.05) is 35.0 Å². The number of fused-ring (bicyclic) bond motifs is 1. The first-order valence-corrected chi connectivity index (χ1v) is 13.4. The number of H-pyrrole nitrogens is 1. The first-order valence-electron chi connectivity index (χ1n) is 13.0. The molecule has 2 unspecified atom stereocenters. The van der Waals surface area contributed by atoms with Crippen molar-refractivity contribution >= 4 is 34.1 Å². The Bertz CT molecular complexity index is 1770. The van der Waals surface area contributed by atoms with E-state index in [-0.39, 0.29) is 11.5 Å². The van der Waals surface area contributed by atoms with Crippen LogP contribution in [0.15, 0.2) is 119 Å². The van der Waals surface area contributed by atoms with Crippen molar-refractivity contribution in [3.05, 3.63) is 141 Å². The van der Waals surface area contributed by atoms with Crippen molar-refractivity contribution in [2.45, 2.75) is 18.6 Å². The molecule has 40 heavy (non-hydrogen) atoms. The number of pyridine rings is 1. The van der Waals surface area contributed by atoms with Gasteiger partial charge in [0.15, 0.2) is 6.10 Å². The van der Waals surface area contributed by atoms with Gasteiger partial charge in [-0.2, -0.15) is 5.10 Å². The van der Waals surface area contributed by atoms with E-state index in [1.54, 1.807) is 12.1 Å². The molecule has 0 saturated carbocycles. The highest BCUT2D eigenvalue weighted by Crippen LogP contribution is 2.38. The molecular weight excluding hydrogens is 522 g/mol. The predicted octanol–water partition coefficient (Wildman–Crippen LogP) is 6.91. The molecular formula is C33H26ClN3O3. The molecule has 0 fully saturated rings. The van der Waals surface area contributed by atoms with Crippen LogP contribution in [0.4, 0.5) is 0 Å². The highest BCUT2D eigenvalue weighted by atomic mass is 35.5. The molecule has 1 N–H and O–H groups in total. The number of amides is 1. The van der Waals surface area contributed by atoms with Gasteiger partial charge in [0.2, 0.25) is 0 Å². The minimum atomic E-state index is -0.849. The Kier molecular flexibility index (Phi) is 7.03. The van der Waals surface area contributed by atoms with Gasteiger partial charge in [0.05, 0.1) is 17.3 Å². The van der Waals surface area contributed by atoms with Crippen molar-refractivity contribution in [2.24, 2.45) is 5.10 Å². The lowest BCUT2D eigenvalue weighted by Crippen LogP contribution is -2.32. The van der Waals surface area contributed by atoms with Crippen molar-refractivity contribution in [1.82, 2.24) is 9.99 Å². The average Bonchev–Trinajstić information content (AvgIpc) is 3.44. The molecule has 1 aliphatic rings. The monoisotopic (exact) mass is 547 g/mol. The number of benzene rings is 4. The lowest BCUT2D eigenvalue weighted by molar-refractivity contribution is -0.144.